The number of nitrogens with one attached hydrogen (secondary N) is 1. The van der Waals surface area contributed by atoms with Crippen molar-refractivity contribution in [2.24, 2.45) is 5.92 Å². The molecule has 0 unspecified atom stereocenters. The molecule has 2 rings (SSSR count). The van der Waals surface area contributed by atoms with Gasteiger partial charge in [0, 0.05) is 37.1 Å². The van der Waals surface area contributed by atoms with E-state index in [-0.39, 0.29) is 16.7 Å². The third kappa shape index (κ3) is 6.36. The summed E-state index contributed by atoms with van der Waals surface area (Å²) < 4.78 is 37.3. The van der Waals surface area contributed by atoms with Crippen LogP contribution in [0.5, 0.6) is 0 Å². The molecule has 2 nitrogen and oxygen atoms in total. The van der Waals surface area contributed by atoms with Crippen LogP contribution in [0.25, 0.3) is 0 Å². The number of piperazine rings is 1. The van der Waals surface area contributed by atoms with Gasteiger partial charge in [-0.05, 0) is 48.2 Å². The average molecular weight is 346 g/mol. The average Bonchev–Trinajstić information content (AvgIpc) is 2.48. The van der Waals surface area contributed by atoms with Gasteiger partial charge in [-0.15, -0.1) is 0 Å². The van der Waals surface area contributed by atoms with E-state index >= 15 is 0 Å². The molecule has 1 heterocycles. The van der Waals surface area contributed by atoms with E-state index in [1.807, 2.05) is 12.1 Å². The highest BCUT2D eigenvalue weighted by Crippen LogP contribution is 2.37. The second-order valence-electron chi connectivity index (χ2n) is 6.39. The van der Waals surface area contributed by atoms with E-state index in [2.05, 4.69) is 24.1 Å². The van der Waals surface area contributed by atoms with Crippen molar-refractivity contribution in [2.45, 2.75) is 43.1 Å². The topological polar surface area (TPSA) is 15.3 Å². The molecule has 1 aromatic rings. The fourth-order valence-corrected chi connectivity index (χ4v) is 3.48. The lowest BCUT2D eigenvalue weighted by Crippen LogP contribution is -2.45. The zero-order chi connectivity index (χ0) is 16.9. The molecular weight excluding hydrogens is 321 g/mol. The second-order valence-corrected chi connectivity index (χ2v) is 7.53. The first kappa shape index (κ1) is 18.6. The van der Waals surface area contributed by atoms with Crippen LogP contribution in [0.4, 0.5) is 13.2 Å². The predicted molar refractivity (Wildman–Crippen MR) is 89.6 cm³/mol. The molecule has 1 aromatic carbocycles. The van der Waals surface area contributed by atoms with Crippen LogP contribution in [0.3, 0.4) is 0 Å². The van der Waals surface area contributed by atoms with E-state index < -0.39 is 5.51 Å². The number of hydrogen-bond acceptors (Lipinski definition) is 3. The molecule has 0 bridgehead atoms. The predicted octanol–water partition coefficient (Wildman–Crippen LogP) is 4.68. The molecule has 1 aliphatic rings. The highest BCUT2D eigenvalue weighted by molar-refractivity contribution is 8.00. The SMILES string of the molecule is CC(C)CC[C@H](c1ccc(SC(F)(F)F)cc1)N1CCNCC1. The summed E-state index contributed by atoms with van der Waals surface area (Å²) in [6, 6.07) is 7.21. The molecule has 1 fully saturated rings. The van der Waals surface area contributed by atoms with Crippen LogP contribution < -0.4 is 5.32 Å². The van der Waals surface area contributed by atoms with Crippen molar-refractivity contribution in [3.05, 3.63) is 29.8 Å². The fraction of sp³-hybridized carbons (Fsp3) is 0.647. The zero-order valence-corrected chi connectivity index (χ0v) is 14.5. The number of thioether (sulfide) groups is 1. The Morgan fingerprint density at radius 2 is 1.70 bits per heavy atom. The fourth-order valence-electron chi connectivity index (χ4n) is 2.94. The molecule has 0 aromatic heterocycles. The first-order valence-corrected chi connectivity index (χ1v) is 8.97. The highest BCUT2D eigenvalue weighted by atomic mass is 32.2. The van der Waals surface area contributed by atoms with Gasteiger partial charge in [0.25, 0.3) is 0 Å². The minimum atomic E-state index is -4.23. The van der Waals surface area contributed by atoms with Crippen LogP contribution in [-0.2, 0) is 0 Å². The Morgan fingerprint density at radius 3 is 2.22 bits per heavy atom. The van der Waals surface area contributed by atoms with Gasteiger partial charge in [0.05, 0.1) is 0 Å². The van der Waals surface area contributed by atoms with Gasteiger partial charge in [0.15, 0.2) is 0 Å². The van der Waals surface area contributed by atoms with Crippen LogP contribution in [0.15, 0.2) is 29.2 Å². The summed E-state index contributed by atoms with van der Waals surface area (Å²) in [5.41, 5.74) is -3.10. The molecule has 1 atom stereocenters. The molecule has 6 heteroatoms. The number of alkyl halides is 3. The Bertz CT molecular complexity index is 468. The third-order valence-corrected chi connectivity index (χ3v) is 4.85. The summed E-state index contributed by atoms with van der Waals surface area (Å²) in [5.74, 6) is 0.625. The lowest BCUT2D eigenvalue weighted by molar-refractivity contribution is -0.0328. The molecule has 0 radical (unpaired) electrons. The van der Waals surface area contributed by atoms with Gasteiger partial charge in [-0.3, -0.25) is 4.90 Å². The van der Waals surface area contributed by atoms with Crippen LogP contribution in [0.1, 0.15) is 38.3 Å². The molecule has 0 aliphatic carbocycles. The minimum Gasteiger partial charge on any atom is -0.314 e. The molecular formula is C17H25F3N2S. The monoisotopic (exact) mass is 346 g/mol. The lowest BCUT2D eigenvalue weighted by atomic mass is 9.96. The zero-order valence-electron chi connectivity index (χ0n) is 13.7. The van der Waals surface area contributed by atoms with E-state index in [1.165, 1.54) is 0 Å². The Morgan fingerprint density at radius 1 is 1.09 bits per heavy atom. The number of halogens is 3. The highest BCUT2D eigenvalue weighted by Gasteiger charge is 2.29. The molecule has 1 N–H and O–H groups in total. The van der Waals surface area contributed by atoms with Gasteiger partial charge in [0.2, 0.25) is 0 Å². The number of rotatable bonds is 6. The number of nitrogens with zero attached hydrogens (tertiary/aromatic N) is 1. The maximum absolute atomic E-state index is 12.4. The van der Waals surface area contributed by atoms with Crippen molar-refractivity contribution in [3.8, 4) is 0 Å². The standard InChI is InChI=1S/C17H25F3N2S/c1-13(2)3-8-16(22-11-9-21-10-12-22)14-4-6-15(7-5-14)23-17(18,19)20/h4-7,13,16,21H,3,8-12H2,1-2H3/t16-/m1/s1. The normalized spacial score (nSPS) is 18.3. The summed E-state index contributed by atoms with van der Waals surface area (Å²) in [7, 11) is 0. The Hall–Kier alpha value is -0.720. The molecule has 0 amide bonds. The smallest absolute Gasteiger partial charge is 0.314 e. The van der Waals surface area contributed by atoms with Crippen LogP contribution in [0, 0.1) is 5.92 Å². The van der Waals surface area contributed by atoms with Gasteiger partial charge in [-0.2, -0.15) is 13.2 Å². The molecule has 1 saturated heterocycles. The van der Waals surface area contributed by atoms with Gasteiger partial charge in [0.1, 0.15) is 0 Å². The van der Waals surface area contributed by atoms with Crippen molar-refractivity contribution in [2.75, 3.05) is 26.2 Å². The third-order valence-electron chi connectivity index (χ3n) is 4.11. The number of hydrogen-bond donors (Lipinski definition) is 1. The second kappa shape index (κ2) is 8.40. The van der Waals surface area contributed by atoms with E-state index in [1.54, 1.807) is 12.1 Å². The molecule has 0 spiro atoms. The van der Waals surface area contributed by atoms with Crippen LogP contribution >= 0.6 is 11.8 Å². The van der Waals surface area contributed by atoms with Crippen LogP contribution in [0.2, 0.25) is 0 Å². The van der Waals surface area contributed by atoms with E-state index in [0.29, 0.717) is 12.0 Å². The van der Waals surface area contributed by atoms with Gasteiger partial charge < -0.3 is 5.32 Å². The van der Waals surface area contributed by atoms with Crippen molar-refractivity contribution in [3.63, 3.8) is 0 Å². The molecule has 1 aliphatic heterocycles. The van der Waals surface area contributed by atoms with Crippen LogP contribution in [-0.4, -0.2) is 36.6 Å². The molecule has 130 valence electrons. The van der Waals surface area contributed by atoms with E-state index in [9.17, 15) is 13.2 Å². The molecule has 23 heavy (non-hydrogen) atoms. The summed E-state index contributed by atoms with van der Waals surface area (Å²) in [6.07, 6.45) is 2.16. The Labute approximate surface area is 140 Å². The van der Waals surface area contributed by atoms with Gasteiger partial charge in [-0.25, -0.2) is 0 Å². The first-order valence-electron chi connectivity index (χ1n) is 8.15. The quantitative estimate of drug-likeness (QED) is 0.753. The summed E-state index contributed by atoms with van der Waals surface area (Å²) in [4.78, 5) is 2.70. The van der Waals surface area contributed by atoms with Gasteiger partial charge in [-0.1, -0.05) is 26.0 Å². The van der Waals surface area contributed by atoms with E-state index in [0.717, 1.165) is 44.6 Å². The largest absolute Gasteiger partial charge is 0.446 e. The Balaban J connectivity index is 2.10. The lowest BCUT2D eigenvalue weighted by Gasteiger charge is -2.35. The number of benzene rings is 1. The molecule has 0 saturated carbocycles. The minimum absolute atomic E-state index is 0.0486. The summed E-state index contributed by atoms with van der Waals surface area (Å²) >= 11 is -0.0486. The maximum atomic E-state index is 12.4. The van der Waals surface area contributed by atoms with Gasteiger partial charge >= 0.3 is 5.51 Å². The summed E-state index contributed by atoms with van der Waals surface area (Å²) in [5, 5.41) is 3.35. The van der Waals surface area contributed by atoms with Crippen molar-refractivity contribution < 1.29 is 13.2 Å². The maximum Gasteiger partial charge on any atom is 0.446 e. The van der Waals surface area contributed by atoms with Crippen molar-refractivity contribution >= 4 is 11.8 Å². The first-order chi connectivity index (χ1) is 10.8. The van der Waals surface area contributed by atoms with Crippen molar-refractivity contribution in [1.82, 2.24) is 10.2 Å². The van der Waals surface area contributed by atoms with Crippen molar-refractivity contribution in [1.29, 1.82) is 0 Å². The Kier molecular flexibility index (Phi) is 6.80. The summed E-state index contributed by atoms with van der Waals surface area (Å²) in [6.45, 7) is 8.33. The van der Waals surface area contributed by atoms with E-state index in [4.69, 9.17) is 0 Å².